The van der Waals surface area contributed by atoms with E-state index in [9.17, 15) is 8.78 Å². The van der Waals surface area contributed by atoms with Crippen molar-refractivity contribution < 1.29 is 8.78 Å². The SMILES string of the molecule is C=C(c1c(C=N)nc(-c2ccnc(N=C3C(F)=CCCC3F)c2)nc1NC1CCN(C)CC1)C1CC1. The Morgan fingerprint density at radius 3 is 2.69 bits per heavy atom. The van der Waals surface area contributed by atoms with E-state index >= 15 is 0 Å². The molecule has 3 aliphatic rings. The van der Waals surface area contributed by atoms with Crippen molar-refractivity contribution in [3.63, 3.8) is 0 Å². The number of likely N-dealkylation sites (tertiary alicyclic amines) is 1. The lowest BCUT2D eigenvalue weighted by Gasteiger charge is -2.30. The lowest BCUT2D eigenvalue weighted by molar-refractivity contribution is 0.263. The topological polar surface area (TPSA) is 90.1 Å². The number of rotatable bonds is 7. The molecular formula is C27H31F2N7. The second-order valence-corrected chi connectivity index (χ2v) is 9.82. The number of hydrogen-bond donors (Lipinski definition) is 2. The Morgan fingerprint density at radius 2 is 2.00 bits per heavy atom. The Balaban J connectivity index is 1.53. The molecule has 0 spiro atoms. The van der Waals surface area contributed by atoms with Crippen LogP contribution in [0.5, 0.6) is 0 Å². The summed E-state index contributed by atoms with van der Waals surface area (Å²) in [4.78, 5) is 20.2. The molecule has 2 fully saturated rings. The lowest BCUT2D eigenvalue weighted by atomic mass is 10.00. The van der Waals surface area contributed by atoms with Crippen LogP contribution in [0, 0.1) is 11.3 Å². The number of halogens is 2. The van der Waals surface area contributed by atoms with Crippen LogP contribution in [0.1, 0.15) is 49.8 Å². The summed E-state index contributed by atoms with van der Waals surface area (Å²) in [6.45, 7) is 6.32. The summed E-state index contributed by atoms with van der Waals surface area (Å²) in [5, 5.41) is 11.7. The predicted molar refractivity (Wildman–Crippen MR) is 139 cm³/mol. The fourth-order valence-corrected chi connectivity index (χ4v) is 4.73. The van der Waals surface area contributed by atoms with E-state index in [2.05, 4.69) is 38.8 Å². The maximum atomic E-state index is 14.3. The zero-order valence-electron chi connectivity index (χ0n) is 20.5. The van der Waals surface area contributed by atoms with Gasteiger partial charge in [0.25, 0.3) is 0 Å². The number of piperidine rings is 1. The number of nitrogens with zero attached hydrogens (tertiary/aromatic N) is 5. The molecule has 0 radical (unpaired) electrons. The molecule has 0 aromatic carbocycles. The highest BCUT2D eigenvalue weighted by molar-refractivity contribution is 6.03. The summed E-state index contributed by atoms with van der Waals surface area (Å²) in [6.07, 6.45) is 7.37. The molecular weight excluding hydrogens is 460 g/mol. The van der Waals surface area contributed by atoms with Gasteiger partial charge in [0.1, 0.15) is 23.5 Å². The number of aliphatic imine (C=N–C) groups is 1. The molecule has 1 unspecified atom stereocenters. The van der Waals surface area contributed by atoms with E-state index in [1.807, 2.05) is 0 Å². The van der Waals surface area contributed by atoms with Gasteiger partial charge >= 0.3 is 0 Å². The van der Waals surface area contributed by atoms with E-state index in [1.54, 1.807) is 12.1 Å². The first-order valence-electron chi connectivity index (χ1n) is 12.5. The molecule has 7 nitrogen and oxygen atoms in total. The van der Waals surface area contributed by atoms with Crippen LogP contribution in [-0.2, 0) is 0 Å². The fourth-order valence-electron chi connectivity index (χ4n) is 4.73. The number of hydrogen-bond acceptors (Lipinski definition) is 7. The van der Waals surface area contributed by atoms with Crippen molar-refractivity contribution in [2.45, 2.75) is 50.7 Å². The van der Waals surface area contributed by atoms with Crippen molar-refractivity contribution in [1.29, 1.82) is 5.41 Å². The summed E-state index contributed by atoms with van der Waals surface area (Å²) in [6, 6.07) is 3.62. The average molecular weight is 492 g/mol. The monoisotopic (exact) mass is 491 g/mol. The largest absolute Gasteiger partial charge is 0.367 e. The minimum absolute atomic E-state index is 0.187. The summed E-state index contributed by atoms with van der Waals surface area (Å²) in [5.74, 6) is 1.02. The van der Waals surface area contributed by atoms with Gasteiger partial charge in [0.05, 0.1) is 5.69 Å². The van der Waals surface area contributed by atoms with Crippen LogP contribution < -0.4 is 5.32 Å². The molecule has 2 aromatic heterocycles. The van der Waals surface area contributed by atoms with E-state index < -0.39 is 12.0 Å². The highest BCUT2D eigenvalue weighted by Gasteiger charge is 2.31. The minimum atomic E-state index is -1.46. The van der Waals surface area contributed by atoms with Gasteiger partial charge in [-0.25, -0.2) is 28.7 Å². The number of nitrogens with one attached hydrogen (secondary N) is 2. The van der Waals surface area contributed by atoms with Crippen LogP contribution in [0.15, 0.2) is 41.8 Å². The van der Waals surface area contributed by atoms with Crippen LogP contribution in [0.25, 0.3) is 17.0 Å². The van der Waals surface area contributed by atoms with Gasteiger partial charge in [0.2, 0.25) is 0 Å². The predicted octanol–water partition coefficient (Wildman–Crippen LogP) is 5.52. The van der Waals surface area contributed by atoms with Crippen molar-refractivity contribution in [3.8, 4) is 11.4 Å². The third-order valence-electron chi connectivity index (χ3n) is 7.05. The molecule has 9 heteroatoms. The van der Waals surface area contributed by atoms with Gasteiger partial charge in [-0.05, 0) is 88.4 Å². The molecule has 1 saturated heterocycles. The molecule has 1 atom stereocenters. The fraction of sp³-hybridized carbons (Fsp3) is 0.444. The van der Waals surface area contributed by atoms with Crippen LogP contribution in [0.4, 0.5) is 20.4 Å². The van der Waals surface area contributed by atoms with E-state index in [0.29, 0.717) is 35.2 Å². The van der Waals surface area contributed by atoms with E-state index in [1.165, 1.54) is 18.5 Å². The number of allylic oxidation sites excluding steroid dienone is 3. The zero-order chi connectivity index (χ0) is 25.2. The Morgan fingerprint density at radius 1 is 1.22 bits per heavy atom. The third kappa shape index (κ3) is 5.26. The molecule has 36 heavy (non-hydrogen) atoms. The Kier molecular flexibility index (Phi) is 7.00. The molecule has 1 aliphatic heterocycles. The zero-order valence-corrected chi connectivity index (χ0v) is 20.5. The highest BCUT2D eigenvalue weighted by atomic mass is 19.1. The second-order valence-electron chi connectivity index (χ2n) is 9.82. The molecule has 2 N–H and O–H groups in total. The van der Waals surface area contributed by atoms with Crippen molar-refractivity contribution in [3.05, 3.63) is 48.1 Å². The summed E-state index contributed by atoms with van der Waals surface area (Å²) in [7, 11) is 2.12. The number of anilines is 1. The lowest BCUT2D eigenvalue weighted by Crippen LogP contribution is -2.37. The van der Waals surface area contributed by atoms with Crippen LogP contribution in [-0.4, -0.2) is 64.1 Å². The second kappa shape index (κ2) is 10.3. The van der Waals surface area contributed by atoms with Crippen molar-refractivity contribution >= 4 is 29.1 Å². The summed E-state index contributed by atoms with van der Waals surface area (Å²) in [5.41, 5.74) is 2.65. The van der Waals surface area contributed by atoms with E-state index in [4.69, 9.17) is 10.4 Å². The average Bonchev–Trinajstić information content (AvgIpc) is 3.73. The first-order valence-corrected chi connectivity index (χ1v) is 12.5. The van der Waals surface area contributed by atoms with Gasteiger partial charge in [-0.1, -0.05) is 6.58 Å². The number of alkyl halides is 1. The summed E-state index contributed by atoms with van der Waals surface area (Å²) < 4.78 is 28.5. The van der Waals surface area contributed by atoms with Crippen LogP contribution in [0.3, 0.4) is 0 Å². The Hall–Kier alpha value is -3.33. The van der Waals surface area contributed by atoms with E-state index in [-0.39, 0.29) is 24.0 Å². The number of aromatic nitrogens is 3. The minimum Gasteiger partial charge on any atom is -0.367 e. The van der Waals surface area contributed by atoms with Crippen molar-refractivity contribution in [2.75, 3.05) is 25.5 Å². The first kappa shape index (κ1) is 24.4. The molecule has 3 heterocycles. The first-order chi connectivity index (χ1) is 17.4. The van der Waals surface area contributed by atoms with Crippen LogP contribution >= 0.6 is 0 Å². The normalized spacial score (nSPS) is 22.4. The molecule has 2 aromatic rings. The van der Waals surface area contributed by atoms with Gasteiger partial charge in [-0.15, -0.1) is 0 Å². The quantitative estimate of drug-likeness (QED) is 0.498. The van der Waals surface area contributed by atoms with Crippen molar-refractivity contribution in [1.82, 2.24) is 19.9 Å². The van der Waals surface area contributed by atoms with Gasteiger partial charge in [0, 0.05) is 29.6 Å². The van der Waals surface area contributed by atoms with Crippen LogP contribution in [0.2, 0.25) is 0 Å². The van der Waals surface area contributed by atoms with Gasteiger partial charge in [0.15, 0.2) is 11.6 Å². The van der Waals surface area contributed by atoms with E-state index in [0.717, 1.165) is 49.9 Å². The van der Waals surface area contributed by atoms with Gasteiger partial charge < -0.3 is 15.6 Å². The maximum absolute atomic E-state index is 14.3. The molecule has 5 rings (SSSR count). The smallest absolute Gasteiger partial charge is 0.162 e. The molecule has 0 bridgehead atoms. The van der Waals surface area contributed by atoms with Crippen molar-refractivity contribution in [2.24, 2.45) is 10.9 Å². The molecule has 2 aliphatic carbocycles. The third-order valence-corrected chi connectivity index (χ3v) is 7.05. The Bertz CT molecular complexity index is 1230. The van der Waals surface area contributed by atoms with Gasteiger partial charge in [-0.2, -0.15) is 0 Å². The molecule has 0 amide bonds. The standard InChI is InChI=1S/C27H31F2N7/c1-16(17-6-7-17)24-22(15-30)33-26(35-27(24)32-19-9-12-36(2)13-10-19)18-8-11-31-23(14-18)34-25-20(28)4-3-5-21(25)29/h4,8,11,14-15,17,19,21,30H,1,3,5-7,9-10,12-13H2,2H3,(H,32,33,35). The maximum Gasteiger partial charge on any atom is 0.162 e. The summed E-state index contributed by atoms with van der Waals surface area (Å²) >= 11 is 0. The molecule has 1 saturated carbocycles. The number of pyridine rings is 1. The highest BCUT2D eigenvalue weighted by Crippen LogP contribution is 2.44. The molecule has 188 valence electrons. The Labute approximate surface area is 210 Å². The van der Waals surface area contributed by atoms with Gasteiger partial charge in [-0.3, -0.25) is 0 Å².